The van der Waals surface area contributed by atoms with Crippen LogP contribution < -0.4 is 5.32 Å². The Morgan fingerprint density at radius 1 is 1.20 bits per heavy atom. The van der Waals surface area contributed by atoms with E-state index in [1.54, 1.807) is 0 Å². The first-order valence-electron chi connectivity index (χ1n) is 8.32. The van der Waals surface area contributed by atoms with Crippen molar-refractivity contribution in [2.24, 2.45) is 17.8 Å². The monoisotopic (exact) mass is 274 g/mol. The standard InChI is InChI=1S/C18H30N2/c1-4-8-20-18(13-17-7-5-6-9-19-17)16-11-14(2)10-15(3)12-16/h5-7,9,14-16,18,20H,4,8,10-13H2,1-3H3. The summed E-state index contributed by atoms with van der Waals surface area (Å²) in [5.41, 5.74) is 1.23. The van der Waals surface area contributed by atoms with Gasteiger partial charge in [-0.3, -0.25) is 4.98 Å². The Morgan fingerprint density at radius 3 is 2.55 bits per heavy atom. The van der Waals surface area contributed by atoms with Crippen molar-refractivity contribution >= 4 is 0 Å². The molecule has 1 fully saturated rings. The summed E-state index contributed by atoms with van der Waals surface area (Å²) in [4.78, 5) is 4.52. The van der Waals surface area contributed by atoms with Gasteiger partial charge in [0.25, 0.3) is 0 Å². The second kappa shape index (κ2) is 7.78. The summed E-state index contributed by atoms with van der Waals surface area (Å²) in [6.45, 7) is 8.20. The van der Waals surface area contributed by atoms with Crippen molar-refractivity contribution in [1.29, 1.82) is 0 Å². The molecule has 3 unspecified atom stereocenters. The highest BCUT2D eigenvalue weighted by Crippen LogP contribution is 2.35. The van der Waals surface area contributed by atoms with Gasteiger partial charge in [0, 0.05) is 24.4 Å². The van der Waals surface area contributed by atoms with Crippen molar-refractivity contribution in [3.05, 3.63) is 30.1 Å². The van der Waals surface area contributed by atoms with Crippen molar-refractivity contribution < 1.29 is 0 Å². The fourth-order valence-corrected chi connectivity index (χ4v) is 3.82. The molecule has 0 bridgehead atoms. The molecule has 112 valence electrons. The minimum absolute atomic E-state index is 0.593. The molecule has 0 aliphatic heterocycles. The van der Waals surface area contributed by atoms with Crippen LogP contribution in [0.5, 0.6) is 0 Å². The Labute approximate surface area is 124 Å². The second-order valence-electron chi connectivity index (χ2n) is 6.76. The van der Waals surface area contributed by atoms with E-state index in [-0.39, 0.29) is 0 Å². The number of hydrogen-bond donors (Lipinski definition) is 1. The average molecular weight is 274 g/mol. The van der Waals surface area contributed by atoms with Crippen LogP contribution in [-0.2, 0) is 6.42 Å². The highest BCUT2D eigenvalue weighted by molar-refractivity contribution is 5.06. The average Bonchev–Trinajstić information content (AvgIpc) is 2.43. The fourth-order valence-electron chi connectivity index (χ4n) is 3.82. The first kappa shape index (κ1) is 15.5. The van der Waals surface area contributed by atoms with E-state index in [0.29, 0.717) is 6.04 Å². The minimum atomic E-state index is 0.593. The highest BCUT2D eigenvalue weighted by Gasteiger charge is 2.29. The summed E-state index contributed by atoms with van der Waals surface area (Å²) in [5.74, 6) is 2.55. The predicted molar refractivity (Wildman–Crippen MR) is 85.7 cm³/mol. The third kappa shape index (κ3) is 4.59. The van der Waals surface area contributed by atoms with E-state index in [9.17, 15) is 0 Å². The molecule has 3 atom stereocenters. The van der Waals surface area contributed by atoms with Crippen LogP contribution in [0.3, 0.4) is 0 Å². The first-order valence-corrected chi connectivity index (χ1v) is 8.32. The van der Waals surface area contributed by atoms with Gasteiger partial charge in [0.15, 0.2) is 0 Å². The molecule has 0 amide bonds. The van der Waals surface area contributed by atoms with E-state index < -0.39 is 0 Å². The highest BCUT2D eigenvalue weighted by atomic mass is 14.9. The van der Waals surface area contributed by atoms with Crippen molar-refractivity contribution in [3.8, 4) is 0 Å². The van der Waals surface area contributed by atoms with Crippen LogP contribution in [0.4, 0.5) is 0 Å². The SMILES string of the molecule is CCCNC(Cc1ccccn1)C1CC(C)CC(C)C1. The van der Waals surface area contributed by atoms with Crippen LogP contribution in [0.25, 0.3) is 0 Å². The molecule has 0 saturated heterocycles. The van der Waals surface area contributed by atoms with Crippen LogP contribution in [0.2, 0.25) is 0 Å². The minimum Gasteiger partial charge on any atom is -0.313 e. The Balaban J connectivity index is 2.02. The maximum absolute atomic E-state index is 4.52. The third-order valence-electron chi connectivity index (χ3n) is 4.60. The molecule has 2 rings (SSSR count). The Hall–Kier alpha value is -0.890. The van der Waals surface area contributed by atoms with Gasteiger partial charge in [-0.05, 0) is 62.1 Å². The normalized spacial score (nSPS) is 28.2. The fraction of sp³-hybridized carbons (Fsp3) is 0.722. The number of pyridine rings is 1. The summed E-state index contributed by atoms with van der Waals surface area (Å²) >= 11 is 0. The zero-order chi connectivity index (χ0) is 14.4. The van der Waals surface area contributed by atoms with E-state index in [0.717, 1.165) is 30.7 Å². The molecule has 1 saturated carbocycles. The molecule has 1 heterocycles. The van der Waals surface area contributed by atoms with Gasteiger partial charge in [-0.1, -0.05) is 26.8 Å². The first-order chi connectivity index (χ1) is 9.69. The lowest BCUT2D eigenvalue weighted by atomic mass is 9.73. The van der Waals surface area contributed by atoms with Gasteiger partial charge >= 0.3 is 0 Å². The lowest BCUT2D eigenvalue weighted by Crippen LogP contribution is -2.41. The molecular weight excluding hydrogens is 244 g/mol. The van der Waals surface area contributed by atoms with Crippen molar-refractivity contribution in [2.75, 3.05) is 6.54 Å². The summed E-state index contributed by atoms with van der Waals surface area (Å²) < 4.78 is 0. The third-order valence-corrected chi connectivity index (χ3v) is 4.60. The van der Waals surface area contributed by atoms with Gasteiger partial charge in [0.2, 0.25) is 0 Å². The topological polar surface area (TPSA) is 24.9 Å². The predicted octanol–water partition coefficient (Wildman–Crippen LogP) is 4.06. The zero-order valence-corrected chi connectivity index (χ0v) is 13.3. The van der Waals surface area contributed by atoms with E-state index in [1.807, 2.05) is 12.3 Å². The number of nitrogens with zero attached hydrogens (tertiary/aromatic N) is 1. The van der Waals surface area contributed by atoms with Gasteiger partial charge in [-0.2, -0.15) is 0 Å². The summed E-state index contributed by atoms with van der Waals surface area (Å²) in [6.07, 6.45) is 8.34. The van der Waals surface area contributed by atoms with E-state index in [4.69, 9.17) is 0 Å². The molecule has 1 N–H and O–H groups in total. The van der Waals surface area contributed by atoms with Gasteiger partial charge in [-0.15, -0.1) is 0 Å². The van der Waals surface area contributed by atoms with Crippen molar-refractivity contribution in [2.45, 2.75) is 58.9 Å². The number of rotatable bonds is 6. The molecular formula is C18H30N2. The molecule has 0 aromatic carbocycles. The molecule has 1 aliphatic rings. The van der Waals surface area contributed by atoms with Crippen LogP contribution in [0.1, 0.15) is 52.1 Å². The van der Waals surface area contributed by atoms with Gasteiger partial charge in [0.05, 0.1) is 0 Å². The summed E-state index contributed by atoms with van der Waals surface area (Å²) in [6, 6.07) is 6.86. The molecule has 20 heavy (non-hydrogen) atoms. The second-order valence-corrected chi connectivity index (χ2v) is 6.76. The molecule has 1 aromatic rings. The van der Waals surface area contributed by atoms with Crippen LogP contribution in [-0.4, -0.2) is 17.6 Å². The van der Waals surface area contributed by atoms with Gasteiger partial charge < -0.3 is 5.32 Å². The van der Waals surface area contributed by atoms with Gasteiger partial charge in [0.1, 0.15) is 0 Å². The van der Waals surface area contributed by atoms with Crippen molar-refractivity contribution in [1.82, 2.24) is 10.3 Å². The maximum Gasteiger partial charge on any atom is 0.0419 e. The smallest absolute Gasteiger partial charge is 0.0419 e. The number of hydrogen-bond acceptors (Lipinski definition) is 2. The molecule has 1 aliphatic carbocycles. The lowest BCUT2D eigenvalue weighted by molar-refractivity contribution is 0.175. The molecule has 0 radical (unpaired) electrons. The van der Waals surface area contributed by atoms with E-state index in [2.05, 4.69) is 43.2 Å². The largest absolute Gasteiger partial charge is 0.313 e. The zero-order valence-electron chi connectivity index (χ0n) is 13.3. The van der Waals surface area contributed by atoms with Crippen molar-refractivity contribution in [3.63, 3.8) is 0 Å². The Kier molecular flexibility index (Phi) is 6.03. The summed E-state index contributed by atoms with van der Waals surface area (Å²) in [7, 11) is 0. The van der Waals surface area contributed by atoms with Crippen LogP contribution in [0.15, 0.2) is 24.4 Å². The molecule has 1 aromatic heterocycles. The summed E-state index contributed by atoms with van der Waals surface area (Å²) in [5, 5.41) is 3.79. The van der Waals surface area contributed by atoms with Crippen LogP contribution >= 0.6 is 0 Å². The lowest BCUT2D eigenvalue weighted by Gasteiger charge is -2.37. The number of nitrogens with one attached hydrogen (secondary N) is 1. The maximum atomic E-state index is 4.52. The molecule has 2 nitrogen and oxygen atoms in total. The Morgan fingerprint density at radius 2 is 1.95 bits per heavy atom. The quantitative estimate of drug-likeness (QED) is 0.846. The van der Waals surface area contributed by atoms with Crippen LogP contribution in [0, 0.1) is 17.8 Å². The van der Waals surface area contributed by atoms with Gasteiger partial charge in [-0.25, -0.2) is 0 Å². The molecule has 0 spiro atoms. The Bertz CT molecular complexity index is 366. The van der Waals surface area contributed by atoms with E-state index >= 15 is 0 Å². The number of aromatic nitrogens is 1. The molecule has 2 heteroatoms. The van der Waals surface area contributed by atoms with E-state index in [1.165, 1.54) is 31.4 Å².